The van der Waals surface area contributed by atoms with Crippen molar-refractivity contribution in [1.82, 2.24) is 4.90 Å². The van der Waals surface area contributed by atoms with Crippen LogP contribution in [-0.4, -0.2) is 49.0 Å². The fraction of sp³-hybridized carbons (Fsp3) is 0.333. The highest BCUT2D eigenvalue weighted by Crippen LogP contribution is 2.36. The molecule has 0 aliphatic carbocycles. The third-order valence-electron chi connectivity index (χ3n) is 6.36. The molecule has 0 radical (unpaired) electrons. The molecule has 9 nitrogen and oxygen atoms in total. The number of aromatic hydroxyl groups is 2. The van der Waals surface area contributed by atoms with E-state index in [1.54, 1.807) is 26.4 Å². The molecule has 1 aliphatic heterocycles. The lowest BCUT2D eigenvalue weighted by Gasteiger charge is -2.29. The first-order valence-corrected chi connectivity index (χ1v) is 11.5. The summed E-state index contributed by atoms with van der Waals surface area (Å²) in [5.74, 6) is -0.320. The molecule has 2 N–H and O–H groups in total. The largest absolute Gasteiger partial charge is 0.508 e. The summed E-state index contributed by atoms with van der Waals surface area (Å²) in [5, 5.41) is 20.5. The van der Waals surface area contributed by atoms with E-state index >= 15 is 0 Å². The maximum Gasteiger partial charge on any atom is 0.306 e. The second-order valence-corrected chi connectivity index (χ2v) is 8.65. The molecule has 0 saturated heterocycles. The van der Waals surface area contributed by atoms with Crippen molar-refractivity contribution in [2.24, 2.45) is 0 Å². The van der Waals surface area contributed by atoms with Gasteiger partial charge in [-0.3, -0.25) is 14.5 Å². The normalized spacial score (nSPS) is 14.1. The van der Waals surface area contributed by atoms with Gasteiger partial charge in [0.15, 0.2) is 17.3 Å². The summed E-state index contributed by atoms with van der Waals surface area (Å²) < 4.78 is 21.7. The third kappa shape index (κ3) is 5.31. The van der Waals surface area contributed by atoms with E-state index in [9.17, 15) is 19.8 Å². The van der Waals surface area contributed by atoms with Crippen LogP contribution in [0, 0.1) is 0 Å². The molecule has 0 spiro atoms. The minimum atomic E-state index is -0.823. The van der Waals surface area contributed by atoms with Gasteiger partial charge in [-0.25, -0.2) is 0 Å². The Kier molecular flexibility index (Phi) is 7.49. The number of phenols is 1. The fourth-order valence-corrected chi connectivity index (χ4v) is 4.52. The lowest BCUT2D eigenvalue weighted by Crippen LogP contribution is -2.30. The highest BCUT2D eigenvalue weighted by molar-refractivity contribution is 5.71. The van der Waals surface area contributed by atoms with E-state index in [-0.39, 0.29) is 17.9 Å². The van der Waals surface area contributed by atoms with Gasteiger partial charge in [0.05, 0.1) is 40.2 Å². The number of carbonyl (C=O) groups is 1. The van der Waals surface area contributed by atoms with E-state index in [4.69, 9.17) is 18.6 Å². The van der Waals surface area contributed by atoms with Gasteiger partial charge >= 0.3 is 5.97 Å². The van der Waals surface area contributed by atoms with Crippen LogP contribution >= 0.6 is 0 Å². The van der Waals surface area contributed by atoms with Crippen molar-refractivity contribution < 1.29 is 33.6 Å². The standard InChI is InChI=1S/C27H29NO8/c1-33-23-10-16-7-8-28(14-18(16)11-24(23)34-2)15-20-12-22(30)26(32)27(36-20)21(13-25(31)35-3)17-5-4-6-19(29)9-17/h4-6,9-12,21,29,32H,7-8,13-15H2,1-3H3/t21-/m1/s1. The molecule has 3 aromatic rings. The first kappa shape index (κ1) is 25.1. The summed E-state index contributed by atoms with van der Waals surface area (Å²) in [7, 11) is 4.45. The van der Waals surface area contributed by atoms with Gasteiger partial charge in [-0.05, 0) is 47.4 Å². The van der Waals surface area contributed by atoms with Crippen molar-refractivity contribution in [3.05, 3.63) is 80.9 Å². The average molecular weight is 496 g/mol. The number of esters is 1. The van der Waals surface area contributed by atoms with Crippen molar-refractivity contribution in [1.29, 1.82) is 0 Å². The number of phenolic OH excluding ortho intramolecular Hbond substituents is 1. The molecule has 9 heteroatoms. The Bertz CT molecular complexity index is 1320. The van der Waals surface area contributed by atoms with E-state index in [1.807, 2.05) is 12.1 Å². The summed E-state index contributed by atoms with van der Waals surface area (Å²) in [4.78, 5) is 27.0. The van der Waals surface area contributed by atoms with Crippen LogP contribution in [0.15, 0.2) is 51.7 Å². The van der Waals surface area contributed by atoms with E-state index in [0.717, 1.165) is 18.5 Å². The molecule has 0 saturated carbocycles. The molecule has 0 unspecified atom stereocenters. The van der Waals surface area contributed by atoms with Gasteiger partial charge in [0.2, 0.25) is 11.2 Å². The van der Waals surface area contributed by atoms with Gasteiger partial charge in [-0.15, -0.1) is 0 Å². The Morgan fingerprint density at radius 1 is 1.06 bits per heavy atom. The zero-order valence-electron chi connectivity index (χ0n) is 20.4. The quantitative estimate of drug-likeness (QED) is 0.454. The zero-order valence-corrected chi connectivity index (χ0v) is 20.4. The highest BCUT2D eigenvalue weighted by atomic mass is 16.5. The van der Waals surface area contributed by atoms with Gasteiger partial charge < -0.3 is 28.8 Å². The van der Waals surface area contributed by atoms with Crippen LogP contribution in [0.4, 0.5) is 0 Å². The molecule has 36 heavy (non-hydrogen) atoms. The van der Waals surface area contributed by atoms with E-state index in [1.165, 1.54) is 30.9 Å². The number of nitrogens with zero attached hydrogens (tertiary/aromatic N) is 1. The van der Waals surface area contributed by atoms with Gasteiger partial charge in [0, 0.05) is 19.2 Å². The maximum absolute atomic E-state index is 12.7. The molecule has 0 amide bonds. The topological polar surface area (TPSA) is 119 Å². The minimum Gasteiger partial charge on any atom is -0.508 e. The Morgan fingerprint density at radius 3 is 2.44 bits per heavy atom. The van der Waals surface area contributed by atoms with Crippen LogP contribution in [0.2, 0.25) is 0 Å². The number of benzene rings is 2. The summed E-state index contributed by atoms with van der Waals surface area (Å²) in [6, 6.07) is 11.4. The van der Waals surface area contributed by atoms with Crippen LogP contribution in [0.25, 0.3) is 0 Å². The maximum atomic E-state index is 12.7. The number of methoxy groups -OCH3 is 3. The number of hydrogen-bond donors (Lipinski definition) is 2. The second kappa shape index (κ2) is 10.7. The predicted octanol–water partition coefficient (Wildman–Crippen LogP) is 3.32. The van der Waals surface area contributed by atoms with Crippen LogP contribution in [0.5, 0.6) is 23.0 Å². The summed E-state index contributed by atoms with van der Waals surface area (Å²) in [6.45, 7) is 1.65. The molecular formula is C27H29NO8. The fourth-order valence-electron chi connectivity index (χ4n) is 4.52. The van der Waals surface area contributed by atoms with Crippen molar-refractivity contribution in [2.45, 2.75) is 31.8 Å². The molecular weight excluding hydrogens is 466 g/mol. The number of carbonyl (C=O) groups excluding carboxylic acids is 1. The second-order valence-electron chi connectivity index (χ2n) is 8.65. The van der Waals surface area contributed by atoms with Crippen molar-refractivity contribution in [2.75, 3.05) is 27.9 Å². The first-order valence-electron chi connectivity index (χ1n) is 11.5. The van der Waals surface area contributed by atoms with Crippen molar-refractivity contribution in [3.63, 3.8) is 0 Å². The lowest BCUT2D eigenvalue weighted by molar-refractivity contribution is -0.140. The molecule has 0 bridgehead atoms. The number of rotatable bonds is 8. The molecule has 1 atom stereocenters. The van der Waals surface area contributed by atoms with Crippen LogP contribution in [0.3, 0.4) is 0 Å². The number of fused-ring (bicyclic) bond motifs is 1. The van der Waals surface area contributed by atoms with Gasteiger partial charge in [0.1, 0.15) is 11.5 Å². The Balaban J connectivity index is 1.65. The van der Waals surface area contributed by atoms with E-state index < -0.39 is 23.1 Å². The van der Waals surface area contributed by atoms with Crippen LogP contribution < -0.4 is 14.9 Å². The van der Waals surface area contributed by atoms with Crippen molar-refractivity contribution in [3.8, 4) is 23.0 Å². The predicted molar refractivity (Wildman–Crippen MR) is 131 cm³/mol. The molecule has 0 fully saturated rings. The monoisotopic (exact) mass is 495 g/mol. The summed E-state index contributed by atoms with van der Waals surface area (Å²) >= 11 is 0. The molecule has 1 aliphatic rings. The van der Waals surface area contributed by atoms with Gasteiger partial charge in [0.25, 0.3) is 0 Å². The van der Waals surface area contributed by atoms with Crippen LogP contribution in [-0.2, 0) is 29.0 Å². The third-order valence-corrected chi connectivity index (χ3v) is 6.36. The van der Waals surface area contributed by atoms with E-state index in [2.05, 4.69) is 4.90 Å². The Labute approximate surface area is 208 Å². The van der Waals surface area contributed by atoms with E-state index in [0.29, 0.717) is 35.9 Å². The summed E-state index contributed by atoms with van der Waals surface area (Å²) in [5.41, 5.74) is 2.15. The molecule has 4 rings (SSSR count). The SMILES string of the molecule is COC(=O)C[C@H](c1cccc(O)c1)c1oc(CN2CCc3cc(OC)c(OC)cc3C2)cc(=O)c1O. The average Bonchev–Trinajstić information content (AvgIpc) is 2.88. The molecule has 1 aromatic heterocycles. The van der Waals surface area contributed by atoms with Crippen molar-refractivity contribution >= 4 is 5.97 Å². The highest BCUT2D eigenvalue weighted by Gasteiger charge is 2.28. The lowest BCUT2D eigenvalue weighted by atomic mass is 9.92. The first-order chi connectivity index (χ1) is 17.3. The molecule has 2 heterocycles. The number of ether oxygens (including phenoxy) is 3. The summed E-state index contributed by atoms with van der Waals surface area (Å²) in [6.07, 6.45) is 0.595. The smallest absolute Gasteiger partial charge is 0.306 e. The number of hydrogen-bond acceptors (Lipinski definition) is 9. The van der Waals surface area contributed by atoms with Gasteiger partial charge in [-0.1, -0.05) is 12.1 Å². The zero-order chi connectivity index (χ0) is 25.8. The molecule has 2 aromatic carbocycles. The van der Waals surface area contributed by atoms with Crippen LogP contribution in [0.1, 0.15) is 40.5 Å². The Hall–Kier alpha value is -3.98. The van der Waals surface area contributed by atoms with Gasteiger partial charge in [-0.2, -0.15) is 0 Å². The molecule has 190 valence electrons. The minimum absolute atomic E-state index is 0.0144. The Morgan fingerprint density at radius 2 is 1.78 bits per heavy atom.